The fraction of sp³-hybridized carbons (Fsp3) is 0.562. The van der Waals surface area contributed by atoms with Crippen molar-refractivity contribution >= 4 is 6.09 Å². The van der Waals surface area contributed by atoms with E-state index in [2.05, 4.69) is 5.32 Å². The van der Waals surface area contributed by atoms with Crippen LogP contribution in [0.15, 0.2) is 24.3 Å². The molecule has 1 saturated heterocycles. The van der Waals surface area contributed by atoms with Crippen LogP contribution in [0.1, 0.15) is 37.9 Å². The Balaban J connectivity index is 2.11. The summed E-state index contributed by atoms with van der Waals surface area (Å²) in [4.78, 5) is 13.6. The first-order chi connectivity index (χ1) is 10.6. The van der Waals surface area contributed by atoms with Crippen LogP contribution < -0.4 is 5.32 Å². The van der Waals surface area contributed by atoms with E-state index >= 15 is 0 Å². The molecule has 23 heavy (non-hydrogen) atoms. The van der Waals surface area contributed by atoms with Crippen molar-refractivity contribution in [2.45, 2.75) is 38.6 Å². The first-order valence-corrected chi connectivity index (χ1v) is 7.45. The Morgan fingerprint density at radius 3 is 2.61 bits per heavy atom. The van der Waals surface area contributed by atoms with Crippen LogP contribution in [0.25, 0.3) is 0 Å². The molecule has 7 heteroatoms. The lowest BCUT2D eigenvalue weighted by molar-refractivity contribution is -0.137. The Kier molecular flexibility index (Phi) is 4.89. The summed E-state index contributed by atoms with van der Waals surface area (Å²) in [7, 11) is 0. The number of piperazine rings is 1. The highest BCUT2D eigenvalue weighted by Gasteiger charge is 2.32. The van der Waals surface area contributed by atoms with E-state index in [1.54, 1.807) is 26.8 Å². The monoisotopic (exact) mass is 330 g/mol. The molecule has 1 atom stereocenters. The minimum Gasteiger partial charge on any atom is -0.444 e. The summed E-state index contributed by atoms with van der Waals surface area (Å²) in [5.74, 6) is 0. The molecule has 0 radical (unpaired) electrons. The number of hydrogen-bond acceptors (Lipinski definition) is 3. The van der Waals surface area contributed by atoms with Crippen LogP contribution in [0.5, 0.6) is 0 Å². The normalized spacial score (nSPS) is 19.6. The van der Waals surface area contributed by atoms with Crippen LogP contribution in [-0.2, 0) is 10.9 Å². The molecule has 0 aliphatic carbocycles. The number of alkyl halides is 3. The molecule has 0 unspecified atom stereocenters. The minimum absolute atomic E-state index is 0.274. The van der Waals surface area contributed by atoms with Crippen LogP contribution in [0.4, 0.5) is 18.0 Å². The van der Waals surface area contributed by atoms with Crippen molar-refractivity contribution in [3.63, 3.8) is 0 Å². The van der Waals surface area contributed by atoms with Crippen LogP contribution in [0.2, 0.25) is 0 Å². The standard InChI is InChI=1S/C16H21F3N2O2/c1-15(2,3)23-14(22)21-8-7-20-13(10-21)11-5-4-6-12(9-11)16(17,18)19/h4-6,9,13,20H,7-8,10H2,1-3H3/t13-/m0/s1. The Labute approximate surface area is 133 Å². The van der Waals surface area contributed by atoms with Gasteiger partial charge in [0.25, 0.3) is 0 Å². The van der Waals surface area contributed by atoms with Crippen molar-refractivity contribution in [3.8, 4) is 0 Å². The molecule has 1 fully saturated rings. The summed E-state index contributed by atoms with van der Waals surface area (Å²) in [5, 5.41) is 3.14. The van der Waals surface area contributed by atoms with Crippen LogP contribution >= 0.6 is 0 Å². The molecule has 1 aliphatic rings. The molecular formula is C16H21F3N2O2. The molecular weight excluding hydrogens is 309 g/mol. The molecule has 2 rings (SSSR count). The molecule has 1 N–H and O–H groups in total. The third-order valence-corrected chi connectivity index (χ3v) is 3.44. The lowest BCUT2D eigenvalue weighted by Crippen LogP contribution is -2.49. The summed E-state index contributed by atoms with van der Waals surface area (Å²) >= 11 is 0. The summed E-state index contributed by atoms with van der Waals surface area (Å²) in [5.41, 5.74) is -0.785. The van der Waals surface area contributed by atoms with Gasteiger partial charge >= 0.3 is 12.3 Å². The zero-order valence-corrected chi connectivity index (χ0v) is 13.4. The molecule has 1 aromatic carbocycles. The number of hydrogen-bond donors (Lipinski definition) is 1. The Morgan fingerprint density at radius 2 is 2.00 bits per heavy atom. The number of ether oxygens (including phenoxy) is 1. The first-order valence-electron chi connectivity index (χ1n) is 7.45. The Morgan fingerprint density at radius 1 is 1.30 bits per heavy atom. The van der Waals surface area contributed by atoms with Crippen molar-refractivity contribution in [3.05, 3.63) is 35.4 Å². The molecule has 1 aromatic rings. The summed E-state index contributed by atoms with van der Waals surface area (Å²) in [6.07, 6.45) is -4.83. The van der Waals surface area contributed by atoms with Crippen LogP contribution in [-0.4, -0.2) is 36.2 Å². The zero-order valence-electron chi connectivity index (χ0n) is 13.4. The predicted octanol–water partition coefficient (Wildman–Crippen LogP) is 3.59. The van der Waals surface area contributed by atoms with Crippen molar-refractivity contribution in [2.75, 3.05) is 19.6 Å². The van der Waals surface area contributed by atoms with Gasteiger partial charge in [-0.1, -0.05) is 12.1 Å². The van der Waals surface area contributed by atoms with E-state index in [-0.39, 0.29) is 12.6 Å². The lowest BCUT2D eigenvalue weighted by Gasteiger charge is -2.35. The van der Waals surface area contributed by atoms with Crippen LogP contribution in [0, 0.1) is 0 Å². The van der Waals surface area contributed by atoms with Crippen molar-refractivity contribution in [1.29, 1.82) is 0 Å². The van der Waals surface area contributed by atoms with E-state index in [1.807, 2.05) is 0 Å². The molecule has 128 valence electrons. The van der Waals surface area contributed by atoms with E-state index in [1.165, 1.54) is 11.0 Å². The fourth-order valence-corrected chi connectivity index (χ4v) is 2.40. The van der Waals surface area contributed by atoms with Gasteiger partial charge in [0.15, 0.2) is 0 Å². The number of carbonyl (C=O) groups is 1. The number of halogens is 3. The average molecular weight is 330 g/mol. The van der Waals surface area contributed by atoms with Gasteiger partial charge in [-0.25, -0.2) is 4.79 Å². The van der Waals surface area contributed by atoms with E-state index in [0.29, 0.717) is 18.7 Å². The second-order valence-corrected chi connectivity index (χ2v) is 6.56. The third-order valence-electron chi connectivity index (χ3n) is 3.44. The molecule has 0 saturated carbocycles. The highest BCUT2D eigenvalue weighted by atomic mass is 19.4. The number of benzene rings is 1. The SMILES string of the molecule is CC(C)(C)OC(=O)N1CCN[C@H](c2cccc(C(F)(F)F)c2)C1. The summed E-state index contributed by atoms with van der Waals surface area (Å²) in [6, 6.07) is 4.82. The minimum atomic E-state index is -4.38. The maximum Gasteiger partial charge on any atom is 0.416 e. The quantitative estimate of drug-likeness (QED) is 0.856. The molecule has 0 spiro atoms. The van der Waals surface area contributed by atoms with Crippen molar-refractivity contribution < 1.29 is 22.7 Å². The van der Waals surface area contributed by atoms with Gasteiger partial charge in [0.2, 0.25) is 0 Å². The maximum absolute atomic E-state index is 12.8. The van der Waals surface area contributed by atoms with E-state index in [0.717, 1.165) is 12.1 Å². The highest BCUT2D eigenvalue weighted by Crippen LogP contribution is 2.31. The second kappa shape index (κ2) is 6.39. The van der Waals surface area contributed by atoms with Gasteiger partial charge in [0, 0.05) is 19.6 Å². The van der Waals surface area contributed by atoms with Crippen molar-refractivity contribution in [1.82, 2.24) is 10.2 Å². The van der Waals surface area contributed by atoms with Gasteiger partial charge in [0.05, 0.1) is 11.6 Å². The van der Waals surface area contributed by atoms with Gasteiger partial charge in [-0.3, -0.25) is 0 Å². The average Bonchev–Trinajstić information content (AvgIpc) is 2.45. The van der Waals surface area contributed by atoms with Crippen LogP contribution in [0.3, 0.4) is 0 Å². The molecule has 1 heterocycles. The number of nitrogens with one attached hydrogen (secondary N) is 1. The van der Waals surface area contributed by atoms with Gasteiger partial charge < -0.3 is 15.0 Å². The topological polar surface area (TPSA) is 41.6 Å². The number of rotatable bonds is 1. The maximum atomic E-state index is 12.8. The molecule has 1 amide bonds. The van der Waals surface area contributed by atoms with E-state index in [4.69, 9.17) is 4.74 Å². The molecule has 1 aliphatic heterocycles. The Bertz CT molecular complexity index is 567. The second-order valence-electron chi connectivity index (χ2n) is 6.56. The third kappa shape index (κ3) is 4.86. The predicted molar refractivity (Wildman–Crippen MR) is 80.0 cm³/mol. The molecule has 0 aromatic heterocycles. The van der Waals surface area contributed by atoms with Gasteiger partial charge in [0.1, 0.15) is 5.60 Å². The highest BCUT2D eigenvalue weighted by molar-refractivity contribution is 5.68. The van der Waals surface area contributed by atoms with Crippen molar-refractivity contribution in [2.24, 2.45) is 0 Å². The first kappa shape index (κ1) is 17.6. The van der Waals surface area contributed by atoms with E-state index in [9.17, 15) is 18.0 Å². The van der Waals surface area contributed by atoms with Gasteiger partial charge in [-0.05, 0) is 38.5 Å². The summed E-state index contributed by atoms with van der Waals surface area (Å²) < 4.78 is 43.8. The smallest absolute Gasteiger partial charge is 0.416 e. The molecule has 0 bridgehead atoms. The Hall–Kier alpha value is -1.76. The number of amides is 1. The van der Waals surface area contributed by atoms with Gasteiger partial charge in [-0.15, -0.1) is 0 Å². The number of carbonyl (C=O) groups excluding carboxylic acids is 1. The molecule has 4 nitrogen and oxygen atoms in total. The van der Waals surface area contributed by atoms with E-state index < -0.39 is 23.4 Å². The number of nitrogens with zero attached hydrogens (tertiary/aromatic N) is 1. The fourth-order valence-electron chi connectivity index (χ4n) is 2.40. The lowest BCUT2D eigenvalue weighted by atomic mass is 10.0. The zero-order chi connectivity index (χ0) is 17.3. The van der Waals surface area contributed by atoms with Gasteiger partial charge in [-0.2, -0.15) is 13.2 Å². The largest absolute Gasteiger partial charge is 0.444 e. The summed E-state index contributed by atoms with van der Waals surface area (Å²) in [6.45, 7) is 6.56.